The van der Waals surface area contributed by atoms with Gasteiger partial charge < -0.3 is 15.4 Å². The van der Waals surface area contributed by atoms with Gasteiger partial charge in [0.2, 0.25) is 0 Å². The topological polar surface area (TPSA) is 50.4 Å². The second-order valence-corrected chi connectivity index (χ2v) is 11.6. The molecule has 0 aliphatic carbocycles. The van der Waals surface area contributed by atoms with Crippen molar-refractivity contribution in [3.8, 4) is 5.75 Å². The fourth-order valence-electron chi connectivity index (χ4n) is 4.07. The van der Waals surface area contributed by atoms with E-state index >= 15 is 0 Å². The molecule has 1 saturated heterocycles. The zero-order valence-corrected chi connectivity index (χ0v) is 24.1. The minimum Gasteiger partial charge on any atom is -0.487 e. The Morgan fingerprint density at radius 3 is 2.64 bits per heavy atom. The van der Waals surface area contributed by atoms with E-state index in [9.17, 15) is 4.79 Å². The Morgan fingerprint density at radius 2 is 1.86 bits per heavy atom. The molecule has 0 unspecified atom stereocenters. The van der Waals surface area contributed by atoms with Crippen LogP contribution in [0.15, 0.2) is 88.2 Å². The summed E-state index contributed by atoms with van der Waals surface area (Å²) in [6.07, 6.45) is 2.92. The summed E-state index contributed by atoms with van der Waals surface area (Å²) < 4.78 is 8.07. The number of fused-ring (bicyclic) bond motifs is 1. The van der Waals surface area contributed by atoms with E-state index < -0.39 is 0 Å². The number of aryl methyl sites for hydroxylation is 1. The lowest BCUT2D eigenvalue weighted by molar-refractivity contribution is -0.116. The van der Waals surface area contributed by atoms with Crippen LogP contribution in [0.2, 0.25) is 0 Å². The number of benzene rings is 4. The van der Waals surface area contributed by atoms with E-state index in [0.29, 0.717) is 11.5 Å². The number of hydrogen-bond donors (Lipinski definition) is 2. The molecule has 1 aliphatic rings. The van der Waals surface area contributed by atoms with E-state index in [1.165, 1.54) is 28.1 Å². The molecule has 0 aromatic heterocycles. The van der Waals surface area contributed by atoms with E-state index in [1.807, 2.05) is 42.5 Å². The number of thioether (sulfide) groups is 1. The first kappa shape index (κ1) is 25.2. The average Bonchev–Trinajstić information content (AvgIpc) is 3.22. The lowest BCUT2D eigenvalue weighted by atomic mass is 10.1. The highest BCUT2D eigenvalue weighted by molar-refractivity contribution is 14.1. The summed E-state index contributed by atoms with van der Waals surface area (Å²) >= 11 is 7.44. The van der Waals surface area contributed by atoms with Crippen molar-refractivity contribution in [1.82, 2.24) is 5.32 Å². The van der Waals surface area contributed by atoms with Crippen molar-refractivity contribution >= 4 is 78.7 Å². The molecule has 2 N–H and O–H groups in total. The first-order chi connectivity index (χ1) is 17.5. The van der Waals surface area contributed by atoms with Gasteiger partial charge in [0.25, 0.3) is 5.91 Å². The first-order valence-corrected chi connectivity index (χ1v) is 14.4. The Morgan fingerprint density at radius 1 is 1.08 bits per heavy atom. The predicted octanol–water partition coefficient (Wildman–Crippen LogP) is 7.95. The molecule has 1 atom stereocenters. The zero-order chi connectivity index (χ0) is 25.1. The molecule has 1 amide bonds. The predicted molar refractivity (Wildman–Crippen MR) is 162 cm³/mol. The van der Waals surface area contributed by atoms with Crippen molar-refractivity contribution in [2.75, 3.05) is 5.32 Å². The SMILES string of the molecule is CCc1ccc(N[C@@H]2NC(=O)/C(=C/c3cc(Br)c(OCc4cccc5ccccc45)c(I)c3)S2)cc1. The molecule has 1 fully saturated rings. The highest BCUT2D eigenvalue weighted by Gasteiger charge is 2.27. The second-order valence-electron chi connectivity index (χ2n) is 8.42. The molecule has 0 spiro atoms. The molecule has 0 radical (unpaired) electrons. The van der Waals surface area contributed by atoms with Crippen LogP contribution in [0, 0.1) is 3.57 Å². The molecule has 4 nitrogen and oxygen atoms in total. The van der Waals surface area contributed by atoms with Crippen molar-refractivity contribution in [3.63, 3.8) is 0 Å². The van der Waals surface area contributed by atoms with Gasteiger partial charge in [0.05, 0.1) is 12.9 Å². The zero-order valence-electron chi connectivity index (χ0n) is 19.6. The number of rotatable bonds is 7. The van der Waals surface area contributed by atoms with Crippen LogP contribution in [-0.2, 0) is 17.8 Å². The van der Waals surface area contributed by atoms with Gasteiger partial charge in [-0.25, -0.2) is 0 Å². The summed E-state index contributed by atoms with van der Waals surface area (Å²) in [5.74, 6) is 0.717. The van der Waals surface area contributed by atoms with Gasteiger partial charge in [-0.3, -0.25) is 4.79 Å². The summed E-state index contributed by atoms with van der Waals surface area (Å²) in [7, 11) is 0. The van der Waals surface area contributed by atoms with Gasteiger partial charge in [0, 0.05) is 5.69 Å². The Balaban J connectivity index is 1.28. The molecule has 1 heterocycles. The highest BCUT2D eigenvalue weighted by Crippen LogP contribution is 2.36. The van der Waals surface area contributed by atoms with Crippen LogP contribution in [0.5, 0.6) is 5.75 Å². The Bertz CT molecular complexity index is 1430. The van der Waals surface area contributed by atoms with E-state index in [1.54, 1.807) is 0 Å². The Hall–Kier alpha value is -2.49. The summed E-state index contributed by atoms with van der Waals surface area (Å²) in [5, 5.41) is 8.77. The maximum atomic E-state index is 12.6. The highest BCUT2D eigenvalue weighted by atomic mass is 127. The molecule has 0 bridgehead atoms. The Kier molecular flexibility index (Phi) is 7.88. The molecule has 0 saturated carbocycles. The fraction of sp³-hybridized carbons (Fsp3) is 0.138. The summed E-state index contributed by atoms with van der Waals surface area (Å²) in [5.41, 5.74) is 4.14. The average molecular weight is 671 g/mol. The van der Waals surface area contributed by atoms with Crippen molar-refractivity contribution in [1.29, 1.82) is 0 Å². The van der Waals surface area contributed by atoms with Crippen LogP contribution < -0.4 is 15.4 Å². The molecular weight excluding hydrogens is 647 g/mol. The van der Waals surface area contributed by atoms with E-state index in [-0.39, 0.29) is 11.4 Å². The minimum atomic E-state index is -0.206. The standard InChI is InChI=1S/C29H24BrIN2O2S/c1-2-18-10-12-22(13-11-18)32-29-33-28(34)26(36-29)16-19-14-24(30)27(25(31)15-19)35-17-21-8-5-7-20-6-3-4-9-23(20)21/h3-16,29,32H,2,17H2,1H3,(H,33,34)/b26-16-/t29-/m1/s1. The number of hydrogen-bond acceptors (Lipinski definition) is 4. The van der Waals surface area contributed by atoms with Crippen LogP contribution in [-0.4, -0.2) is 11.4 Å². The number of carbonyl (C=O) groups is 1. The number of ether oxygens (including phenoxy) is 1. The molecule has 36 heavy (non-hydrogen) atoms. The van der Waals surface area contributed by atoms with Gasteiger partial charge in [-0.1, -0.05) is 73.3 Å². The van der Waals surface area contributed by atoms with Gasteiger partial charge in [0.1, 0.15) is 12.4 Å². The minimum absolute atomic E-state index is 0.0786. The smallest absolute Gasteiger partial charge is 0.260 e. The summed E-state index contributed by atoms with van der Waals surface area (Å²) in [4.78, 5) is 13.3. The quantitative estimate of drug-likeness (QED) is 0.155. The third-order valence-corrected chi connectivity index (χ3v) is 8.38. The summed E-state index contributed by atoms with van der Waals surface area (Å²) in [6, 6.07) is 26.9. The number of anilines is 1. The van der Waals surface area contributed by atoms with Crippen molar-refractivity contribution < 1.29 is 9.53 Å². The van der Waals surface area contributed by atoms with Gasteiger partial charge in [-0.15, -0.1) is 0 Å². The molecule has 7 heteroatoms. The van der Waals surface area contributed by atoms with Gasteiger partial charge in [-0.05, 0) is 103 Å². The van der Waals surface area contributed by atoms with Crippen LogP contribution in [0.4, 0.5) is 5.69 Å². The van der Waals surface area contributed by atoms with Crippen LogP contribution >= 0.6 is 50.3 Å². The molecule has 1 aliphatic heterocycles. The molecular formula is C29H24BrIN2O2S. The number of carbonyl (C=O) groups excluding carboxylic acids is 1. The molecule has 4 aromatic carbocycles. The second kappa shape index (κ2) is 11.3. The van der Waals surface area contributed by atoms with Crippen molar-refractivity contribution in [3.05, 3.63) is 109 Å². The largest absolute Gasteiger partial charge is 0.487 e. The van der Waals surface area contributed by atoms with Gasteiger partial charge >= 0.3 is 0 Å². The lowest BCUT2D eigenvalue weighted by Crippen LogP contribution is -2.30. The maximum Gasteiger partial charge on any atom is 0.260 e. The van der Waals surface area contributed by atoms with E-state index in [0.717, 1.165) is 37.0 Å². The number of amides is 1. The van der Waals surface area contributed by atoms with Crippen LogP contribution in [0.1, 0.15) is 23.6 Å². The number of halogens is 2. The maximum absolute atomic E-state index is 12.6. The molecule has 182 valence electrons. The van der Waals surface area contributed by atoms with Gasteiger partial charge in [0.15, 0.2) is 5.50 Å². The third kappa shape index (κ3) is 5.74. The van der Waals surface area contributed by atoms with Crippen molar-refractivity contribution in [2.45, 2.75) is 25.4 Å². The van der Waals surface area contributed by atoms with E-state index in [4.69, 9.17) is 4.74 Å². The van der Waals surface area contributed by atoms with Crippen LogP contribution in [0.3, 0.4) is 0 Å². The van der Waals surface area contributed by atoms with Gasteiger partial charge in [-0.2, -0.15) is 0 Å². The first-order valence-electron chi connectivity index (χ1n) is 11.6. The lowest BCUT2D eigenvalue weighted by Gasteiger charge is -2.13. The Labute approximate surface area is 237 Å². The van der Waals surface area contributed by atoms with Crippen LogP contribution in [0.25, 0.3) is 16.8 Å². The fourth-order valence-corrected chi connectivity index (χ4v) is 6.83. The van der Waals surface area contributed by atoms with E-state index in [2.05, 4.69) is 98.5 Å². The van der Waals surface area contributed by atoms with Crippen molar-refractivity contribution in [2.24, 2.45) is 0 Å². The third-order valence-electron chi connectivity index (χ3n) is 5.96. The normalized spacial score (nSPS) is 16.4. The monoisotopic (exact) mass is 670 g/mol. The summed E-state index contributed by atoms with van der Waals surface area (Å²) in [6.45, 7) is 2.61. The molecule has 4 aromatic rings. The molecule has 5 rings (SSSR count). The number of nitrogens with one attached hydrogen (secondary N) is 2.